The average molecular weight is 1120 g/mol. The third-order valence-corrected chi connectivity index (χ3v) is 17.2. The molecule has 1 unspecified atom stereocenters. The fraction of sp³-hybridized carbons (Fsp3) is 0.444. The van der Waals surface area contributed by atoms with E-state index in [1.165, 1.54) is 31.4 Å². The molecule has 1 N–H and O–H groups in total. The van der Waals surface area contributed by atoms with E-state index in [0.29, 0.717) is 46.5 Å². The smallest absolute Gasteiger partial charge is 0.413 e. The molecule has 3 aromatic carbocycles. The number of imidazole rings is 1. The summed E-state index contributed by atoms with van der Waals surface area (Å²) in [6.45, 7) is 14.4. The van der Waals surface area contributed by atoms with E-state index in [9.17, 15) is 24.0 Å². The molecule has 19 heteroatoms. The van der Waals surface area contributed by atoms with E-state index in [0.717, 1.165) is 124 Å². The molecule has 0 bridgehead atoms. The van der Waals surface area contributed by atoms with Gasteiger partial charge in [-0.2, -0.15) is 0 Å². The number of nitrogens with zero attached hydrogens (tertiary/aromatic N) is 10. The monoisotopic (exact) mass is 1120 g/mol. The molecule has 11 rings (SSSR count). The van der Waals surface area contributed by atoms with Gasteiger partial charge in [0.25, 0.3) is 11.8 Å². The fourth-order valence-electron chi connectivity index (χ4n) is 12.5. The molecule has 0 spiro atoms. The molecular weight excluding hydrogens is 1040 g/mol. The van der Waals surface area contributed by atoms with E-state index >= 15 is 4.39 Å². The highest BCUT2D eigenvalue weighted by molar-refractivity contribution is 6.00. The number of piperazine rings is 1. The first-order valence-corrected chi connectivity index (χ1v) is 28.8. The minimum absolute atomic E-state index is 0.0688. The number of amides is 4. The number of hydrogen-bond acceptors (Lipinski definition) is 12. The van der Waals surface area contributed by atoms with Crippen molar-refractivity contribution in [3.63, 3.8) is 0 Å². The summed E-state index contributed by atoms with van der Waals surface area (Å²) >= 11 is 0. The summed E-state index contributed by atoms with van der Waals surface area (Å²) in [5.74, 6) is 0.885. The Morgan fingerprint density at radius 2 is 1.44 bits per heavy atom. The van der Waals surface area contributed by atoms with Crippen molar-refractivity contribution in [2.24, 2.45) is 20.0 Å². The summed E-state index contributed by atoms with van der Waals surface area (Å²) in [5.41, 5.74) is 7.18. The van der Waals surface area contributed by atoms with Gasteiger partial charge in [0, 0.05) is 126 Å². The molecule has 4 aliphatic heterocycles. The second-order valence-electron chi connectivity index (χ2n) is 23.7. The molecule has 4 aromatic heterocycles. The van der Waals surface area contributed by atoms with Crippen LogP contribution in [0.3, 0.4) is 0 Å². The van der Waals surface area contributed by atoms with E-state index in [-0.39, 0.29) is 31.2 Å². The number of aromatic nitrogens is 5. The Hall–Kier alpha value is -7.74. The van der Waals surface area contributed by atoms with Gasteiger partial charge in [-0.1, -0.05) is 24.3 Å². The zero-order valence-electron chi connectivity index (χ0n) is 47.9. The maximum Gasteiger partial charge on any atom is 0.413 e. The van der Waals surface area contributed by atoms with Crippen LogP contribution in [0.2, 0.25) is 0 Å². The van der Waals surface area contributed by atoms with Crippen molar-refractivity contribution in [2.75, 3.05) is 71.3 Å². The van der Waals surface area contributed by atoms with E-state index in [1.807, 2.05) is 56.1 Å². The molecule has 0 radical (unpaired) electrons. The predicted molar refractivity (Wildman–Crippen MR) is 312 cm³/mol. The molecule has 4 fully saturated rings. The molecule has 7 aromatic rings. The van der Waals surface area contributed by atoms with Crippen molar-refractivity contribution in [3.8, 4) is 16.9 Å². The minimum Gasteiger partial charge on any atom is -0.497 e. The van der Waals surface area contributed by atoms with E-state index < -0.39 is 35.2 Å². The van der Waals surface area contributed by atoms with Crippen LogP contribution in [0.1, 0.15) is 104 Å². The maximum absolute atomic E-state index is 16.1. The van der Waals surface area contributed by atoms with Crippen LogP contribution in [0.25, 0.3) is 33.2 Å². The largest absolute Gasteiger partial charge is 0.497 e. The molecule has 82 heavy (non-hydrogen) atoms. The van der Waals surface area contributed by atoms with Gasteiger partial charge >= 0.3 is 11.8 Å². The minimum atomic E-state index is -0.932. The normalized spacial score (nSPS) is 18.5. The second kappa shape index (κ2) is 23.6. The standard InChI is InChI=1S/C63H74FN11O7/c1-63(2,3)82-61(79)67-56-17-13-46(36-66-56)50-19-24-65-58-51(50)34-48(68(58)4)40-70-25-22-44(23-26-70)43-9-11-45(12-10-43)59(77)73-27-20-42(21-28-73)37-71-29-31-72(32-30-71)39-47-33-54-55(35-52(47)64)75(62(80)69(54)5)53-16-18-57(76)74(60(53)78)38-41-7-14-49(81-6)15-8-41/h7-15,17,19,24,33-36,42,44,53H,16,18,20-23,25-32,37-40H2,1-6H3,(H,66,67,79). The third-order valence-electron chi connectivity index (χ3n) is 17.2. The van der Waals surface area contributed by atoms with Crippen molar-refractivity contribution in [1.29, 1.82) is 0 Å². The summed E-state index contributed by atoms with van der Waals surface area (Å²) < 4.78 is 31.7. The molecule has 0 aliphatic carbocycles. The first-order chi connectivity index (χ1) is 39.5. The number of nitrogens with one attached hydrogen (secondary N) is 1. The quantitative estimate of drug-likeness (QED) is 0.103. The maximum atomic E-state index is 16.1. The molecule has 4 aliphatic rings. The van der Waals surface area contributed by atoms with Crippen LogP contribution in [0, 0.1) is 11.7 Å². The zero-order chi connectivity index (χ0) is 57.4. The summed E-state index contributed by atoms with van der Waals surface area (Å²) in [6.07, 6.45) is 7.28. The van der Waals surface area contributed by atoms with Crippen molar-refractivity contribution >= 4 is 51.7 Å². The molecule has 8 heterocycles. The second-order valence-corrected chi connectivity index (χ2v) is 23.7. The predicted octanol–water partition coefficient (Wildman–Crippen LogP) is 8.72. The molecule has 4 amide bonds. The Morgan fingerprint density at radius 1 is 0.732 bits per heavy atom. The first-order valence-electron chi connectivity index (χ1n) is 28.8. The van der Waals surface area contributed by atoms with Crippen molar-refractivity contribution in [1.82, 2.24) is 48.2 Å². The summed E-state index contributed by atoms with van der Waals surface area (Å²) in [5, 5.41) is 3.76. The number of piperidine rings is 3. The topological polar surface area (TPSA) is 173 Å². The number of benzene rings is 3. The number of ether oxygens (including phenoxy) is 2. The number of imide groups is 1. The number of pyridine rings is 2. The van der Waals surface area contributed by atoms with Crippen LogP contribution in [-0.2, 0) is 48.1 Å². The van der Waals surface area contributed by atoms with Gasteiger partial charge in [0.1, 0.15) is 34.7 Å². The number of anilines is 1. The Balaban J connectivity index is 0.621. The lowest BCUT2D eigenvalue weighted by molar-refractivity contribution is -0.151. The van der Waals surface area contributed by atoms with Crippen LogP contribution in [0.4, 0.5) is 15.0 Å². The van der Waals surface area contributed by atoms with Crippen LogP contribution in [0.15, 0.2) is 102 Å². The van der Waals surface area contributed by atoms with E-state index in [2.05, 4.69) is 54.8 Å². The Morgan fingerprint density at radius 3 is 2.12 bits per heavy atom. The van der Waals surface area contributed by atoms with Crippen molar-refractivity contribution in [3.05, 3.63) is 142 Å². The number of rotatable bonds is 14. The summed E-state index contributed by atoms with van der Waals surface area (Å²) in [7, 11) is 5.28. The Bertz CT molecular complexity index is 3550. The highest BCUT2D eigenvalue weighted by Gasteiger charge is 2.38. The molecule has 430 valence electrons. The fourth-order valence-corrected chi connectivity index (χ4v) is 12.5. The van der Waals surface area contributed by atoms with Gasteiger partial charge in [-0.3, -0.25) is 43.5 Å². The van der Waals surface area contributed by atoms with Gasteiger partial charge in [0.05, 0.1) is 24.7 Å². The molecular formula is C63H74FN11O7. The van der Waals surface area contributed by atoms with Gasteiger partial charge in [0.2, 0.25) is 5.91 Å². The van der Waals surface area contributed by atoms with Gasteiger partial charge in [-0.25, -0.2) is 23.9 Å². The molecule has 18 nitrogen and oxygen atoms in total. The lowest BCUT2D eigenvalue weighted by Crippen LogP contribution is -2.48. The highest BCUT2D eigenvalue weighted by Crippen LogP contribution is 2.34. The summed E-state index contributed by atoms with van der Waals surface area (Å²) in [6, 6.07) is 25.6. The van der Waals surface area contributed by atoms with Crippen LogP contribution in [-0.4, -0.2) is 144 Å². The van der Waals surface area contributed by atoms with Gasteiger partial charge < -0.3 is 23.8 Å². The number of halogens is 1. The zero-order valence-corrected chi connectivity index (χ0v) is 47.9. The van der Waals surface area contributed by atoms with E-state index in [4.69, 9.17) is 14.5 Å². The van der Waals surface area contributed by atoms with Crippen LogP contribution in [0.5, 0.6) is 5.75 Å². The van der Waals surface area contributed by atoms with Crippen LogP contribution < -0.4 is 15.7 Å². The number of carbonyl (C=O) groups excluding carboxylic acids is 4. The third kappa shape index (κ3) is 12.1. The number of carbonyl (C=O) groups is 4. The molecule has 4 saturated heterocycles. The van der Waals surface area contributed by atoms with Gasteiger partial charge in [-0.05, 0) is 149 Å². The van der Waals surface area contributed by atoms with Crippen molar-refractivity contribution < 1.29 is 33.0 Å². The van der Waals surface area contributed by atoms with Crippen molar-refractivity contribution in [2.45, 2.75) is 96.5 Å². The van der Waals surface area contributed by atoms with Crippen LogP contribution >= 0.6 is 0 Å². The molecule has 0 saturated carbocycles. The Labute approximate surface area is 477 Å². The molecule has 1 atom stereocenters. The number of methoxy groups -OCH3 is 1. The lowest BCUT2D eigenvalue weighted by Gasteiger charge is -2.39. The summed E-state index contributed by atoms with van der Waals surface area (Å²) in [4.78, 5) is 86.4. The van der Waals surface area contributed by atoms with E-state index in [1.54, 1.807) is 56.8 Å². The van der Waals surface area contributed by atoms with Gasteiger partial charge in [-0.15, -0.1) is 0 Å². The highest BCUT2D eigenvalue weighted by atomic mass is 19.1. The SMILES string of the molecule is COc1ccc(CN2C(=O)CCC(n3c(=O)n(C)c4cc(CN5CCN(CC6CCN(C(=O)c7ccc(C8CCN(Cc9cc%10c(-c%11ccc(NC(=O)OC(C)(C)C)nc%11)ccnc%10n9C)CC8)cc7)CC6)CC5)c(F)cc43)C2=O)cc1. The number of fused-ring (bicyclic) bond motifs is 2. The van der Waals surface area contributed by atoms with Gasteiger partial charge in [0.15, 0.2) is 0 Å². The number of hydrogen-bond donors (Lipinski definition) is 1. The Kier molecular flexibility index (Phi) is 16.2. The average Bonchev–Trinajstić information content (AvgIpc) is 3.82. The number of likely N-dealkylation sites (tertiary alicyclic amines) is 3. The lowest BCUT2D eigenvalue weighted by atomic mass is 9.88. The first kappa shape index (κ1) is 56.1. The number of aryl methyl sites for hydroxylation is 2.